The molecule has 0 bridgehead atoms. The summed E-state index contributed by atoms with van der Waals surface area (Å²) in [7, 11) is 0. The summed E-state index contributed by atoms with van der Waals surface area (Å²) in [6, 6.07) is 6.23. The van der Waals surface area contributed by atoms with Crippen LogP contribution in [0, 0.1) is 0 Å². The number of rotatable bonds is 2. The maximum absolute atomic E-state index is 12.5. The van der Waals surface area contributed by atoms with E-state index in [0.29, 0.717) is 6.54 Å². The van der Waals surface area contributed by atoms with Gasteiger partial charge in [-0.1, -0.05) is 31.1 Å². The molecule has 128 valence electrons. The molecule has 2 heterocycles. The molecule has 5 nitrogen and oxygen atoms in total. The highest BCUT2D eigenvalue weighted by Crippen LogP contribution is 2.41. The minimum atomic E-state index is -0.502. The van der Waals surface area contributed by atoms with Gasteiger partial charge in [-0.15, -0.1) is 0 Å². The molecule has 24 heavy (non-hydrogen) atoms. The number of nitrogens with zero attached hydrogens (tertiary/aromatic N) is 2. The maximum Gasteiger partial charge on any atom is 0.414 e. The largest absolute Gasteiger partial charge is 0.443 e. The van der Waals surface area contributed by atoms with Crippen LogP contribution in [0.15, 0.2) is 35.2 Å². The first kappa shape index (κ1) is 16.6. The van der Waals surface area contributed by atoms with Crippen LogP contribution in [0.25, 0.3) is 0 Å². The number of anilines is 1. The van der Waals surface area contributed by atoms with E-state index in [9.17, 15) is 4.79 Å². The SMILES string of the molecule is CC(C)(C)OC(=O)N1CC(C)(C)c2cc(Cc3cnoc3)ccc21. The second kappa shape index (κ2) is 5.65. The predicted molar refractivity (Wildman–Crippen MR) is 92.4 cm³/mol. The van der Waals surface area contributed by atoms with Gasteiger partial charge in [-0.2, -0.15) is 0 Å². The molecule has 3 rings (SSSR count). The summed E-state index contributed by atoms with van der Waals surface area (Å²) in [5.41, 5.74) is 3.70. The summed E-state index contributed by atoms with van der Waals surface area (Å²) in [5.74, 6) is 0. The summed E-state index contributed by atoms with van der Waals surface area (Å²) in [4.78, 5) is 14.3. The topological polar surface area (TPSA) is 55.6 Å². The second-order valence-electron chi connectivity index (χ2n) is 8.01. The number of ether oxygens (including phenoxy) is 1. The first-order valence-electron chi connectivity index (χ1n) is 8.18. The molecule has 1 amide bonds. The number of hydrogen-bond acceptors (Lipinski definition) is 4. The highest BCUT2D eigenvalue weighted by Gasteiger charge is 2.39. The molecular formula is C19H24N2O3. The minimum absolute atomic E-state index is 0.114. The van der Waals surface area contributed by atoms with Crippen molar-refractivity contribution in [3.05, 3.63) is 47.3 Å². The van der Waals surface area contributed by atoms with Gasteiger partial charge in [0.1, 0.15) is 11.9 Å². The zero-order valence-electron chi connectivity index (χ0n) is 14.9. The number of aromatic nitrogens is 1. The Labute approximate surface area is 142 Å². The zero-order valence-corrected chi connectivity index (χ0v) is 14.9. The lowest BCUT2D eigenvalue weighted by molar-refractivity contribution is 0.0579. The minimum Gasteiger partial charge on any atom is -0.443 e. The molecule has 0 saturated heterocycles. The standard InChI is InChI=1S/C19H24N2O3/c1-18(2,3)24-17(22)21-12-19(4,5)15-9-13(6-7-16(15)21)8-14-10-20-23-11-14/h6-7,9-11H,8,12H2,1-5H3. The summed E-state index contributed by atoms with van der Waals surface area (Å²) in [5, 5.41) is 3.74. The van der Waals surface area contributed by atoms with E-state index in [1.807, 2.05) is 32.9 Å². The molecule has 1 aliphatic rings. The fourth-order valence-electron chi connectivity index (χ4n) is 3.07. The van der Waals surface area contributed by atoms with Crippen LogP contribution in [0.2, 0.25) is 0 Å². The lowest BCUT2D eigenvalue weighted by Gasteiger charge is -2.25. The third-order valence-corrected chi connectivity index (χ3v) is 4.14. The molecule has 0 N–H and O–H groups in total. The summed E-state index contributed by atoms with van der Waals surface area (Å²) in [6.45, 7) is 10.6. The van der Waals surface area contributed by atoms with E-state index < -0.39 is 5.60 Å². The third-order valence-electron chi connectivity index (χ3n) is 4.14. The Morgan fingerprint density at radius 1 is 1.33 bits per heavy atom. The number of fused-ring (bicyclic) bond motifs is 1. The fraction of sp³-hybridized carbons (Fsp3) is 0.474. The van der Waals surface area contributed by atoms with Gasteiger partial charge < -0.3 is 9.26 Å². The van der Waals surface area contributed by atoms with Gasteiger partial charge in [-0.25, -0.2) is 4.79 Å². The molecule has 1 aliphatic heterocycles. The first-order valence-corrected chi connectivity index (χ1v) is 8.18. The molecule has 0 spiro atoms. The van der Waals surface area contributed by atoms with Crippen LogP contribution in [0.4, 0.5) is 10.5 Å². The molecule has 0 fully saturated rings. The Kier molecular flexibility index (Phi) is 3.90. The van der Waals surface area contributed by atoms with E-state index in [4.69, 9.17) is 9.26 Å². The molecule has 0 radical (unpaired) electrons. The van der Waals surface area contributed by atoms with Crippen LogP contribution in [-0.4, -0.2) is 23.4 Å². The van der Waals surface area contributed by atoms with Gasteiger partial charge in [-0.3, -0.25) is 4.90 Å². The predicted octanol–water partition coefficient (Wildman–Crippen LogP) is 4.30. The van der Waals surface area contributed by atoms with Crippen LogP contribution >= 0.6 is 0 Å². The number of carbonyl (C=O) groups is 1. The van der Waals surface area contributed by atoms with Gasteiger partial charge in [0.2, 0.25) is 0 Å². The number of amides is 1. The molecule has 0 unspecified atom stereocenters. The number of hydrogen-bond donors (Lipinski definition) is 0. The van der Waals surface area contributed by atoms with Crippen molar-refractivity contribution >= 4 is 11.8 Å². The molecule has 0 saturated carbocycles. The van der Waals surface area contributed by atoms with Gasteiger partial charge >= 0.3 is 6.09 Å². The van der Waals surface area contributed by atoms with Gasteiger partial charge in [0, 0.05) is 23.9 Å². The lowest BCUT2D eigenvalue weighted by Crippen LogP contribution is -2.38. The Morgan fingerprint density at radius 3 is 2.71 bits per heavy atom. The van der Waals surface area contributed by atoms with E-state index in [1.54, 1.807) is 17.4 Å². The quantitative estimate of drug-likeness (QED) is 0.825. The molecule has 5 heteroatoms. The average Bonchev–Trinajstić information content (AvgIpc) is 3.04. The Hall–Kier alpha value is -2.30. The smallest absolute Gasteiger partial charge is 0.414 e. The van der Waals surface area contributed by atoms with Crippen molar-refractivity contribution in [2.24, 2.45) is 0 Å². The van der Waals surface area contributed by atoms with Crippen LogP contribution in [-0.2, 0) is 16.6 Å². The molecule has 1 aromatic carbocycles. The molecule has 2 aromatic rings. The van der Waals surface area contributed by atoms with Crippen LogP contribution < -0.4 is 4.90 Å². The van der Waals surface area contributed by atoms with Crippen molar-refractivity contribution < 1.29 is 14.1 Å². The van der Waals surface area contributed by atoms with Gasteiger partial charge in [0.05, 0.1) is 11.9 Å². The summed E-state index contributed by atoms with van der Waals surface area (Å²) >= 11 is 0. The highest BCUT2D eigenvalue weighted by atomic mass is 16.6. The normalized spacial score (nSPS) is 16.1. The molecular weight excluding hydrogens is 304 g/mol. The summed E-state index contributed by atoms with van der Waals surface area (Å²) in [6.07, 6.45) is 3.86. The Balaban J connectivity index is 1.89. The van der Waals surface area contributed by atoms with Crippen molar-refractivity contribution in [3.63, 3.8) is 0 Å². The van der Waals surface area contributed by atoms with E-state index in [1.165, 1.54) is 11.1 Å². The Morgan fingerprint density at radius 2 is 2.08 bits per heavy atom. The van der Waals surface area contributed by atoms with Crippen LogP contribution in [0.5, 0.6) is 0 Å². The fourth-order valence-corrected chi connectivity index (χ4v) is 3.07. The zero-order chi connectivity index (χ0) is 17.5. The third kappa shape index (κ3) is 3.30. The molecule has 1 aromatic heterocycles. The molecule has 0 atom stereocenters. The first-order chi connectivity index (χ1) is 11.2. The van der Waals surface area contributed by atoms with E-state index in [0.717, 1.165) is 17.7 Å². The van der Waals surface area contributed by atoms with Crippen LogP contribution in [0.1, 0.15) is 51.3 Å². The van der Waals surface area contributed by atoms with E-state index in [-0.39, 0.29) is 11.5 Å². The van der Waals surface area contributed by atoms with Gasteiger partial charge in [0.15, 0.2) is 0 Å². The average molecular weight is 328 g/mol. The molecule has 0 aliphatic carbocycles. The van der Waals surface area contributed by atoms with Crippen molar-refractivity contribution in [1.29, 1.82) is 0 Å². The van der Waals surface area contributed by atoms with Crippen molar-refractivity contribution in [3.8, 4) is 0 Å². The Bertz CT molecular complexity index is 742. The monoisotopic (exact) mass is 328 g/mol. The van der Waals surface area contributed by atoms with Crippen molar-refractivity contribution in [1.82, 2.24) is 5.16 Å². The van der Waals surface area contributed by atoms with E-state index in [2.05, 4.69) is 25.1 Å². The highest BCUT2D eigenvalue weighted by molar-refractivity contribution is 5.91. The van der Waals surface area contributed by atoms with E-state index >= 15 is 0 Å². The van der Waals surface area contributed by atoms with Crippen LogP contribution in [0.3, 0.4) is 0 Å². The van der Waals surface area contributed by atoms with Gasteiger partial charge in [0.25, 0.3) is 0 Å². The number of benzene rings is 1. The number of carbonyl (C=O) groups excluding carboxylic acids is 1. The van der Waals surface area contributed by atoms with Gasteiger partial charge in [-0.05, 0) is 38.0 Å². The second-order valence-corrected chi connectivity index (χ2v) is 8.01. The lowest BCUT2D eigenvalue weighted by atomic mass is 9.85. The van der Waals surface area contributed by atoms with Crippen molar-refractivity contribution in [2.75, 3.05) is 11.4 Å². The van der Waals surface area contributed by atoms with Crippen molar-refractivity contribution in [2.45, 2.75) is 52.1 Å². The summed E-state index contributed by atoms with van der Waals surface area (Å²) < 4.78 is 10.4. The maximum atomic E-state index is 12.5.